The Balaban J connectivity index is 1.68. The SMILES string of the molecule is CC(C)OC1CCOC(CC(C)OC2CCN(C)CC2)C1. The van der Waals surface area contributed by atoms with Crippen LogP contribution in [-0.2, 0) is 14.2 Å². The van der Waals surface area contributed by atoms with E-state index in [1.54, 1.807) is 0 Å². The summed E-state index contributed by atoms with van der Waals surface area (Å²) in [6, 6.07) is 0. The molecular formula is C17H33NO3. The van der Waals surface area contributed by atoms with Crippen molar-refractivity contribution in [3.05, 3.63) is 0 Å². The fourth-order valence-electron chi connectivity index (χ4n) is 3.39. The summed E-state index contributed by atoms with van der Waals surface area (Å²) in [5, 5.41) is 0. The van der Waals surface area contributed by atoms with Gasteiger partial charge in [-0.1, -0.05) is 0 Å². The van der Waals surface area contributed by atoms with Crippen molar-refractivity contribution in [2.45, 2.75) is 83.4 Å². The van der Waals surface area contributed by atoms with Gasteiger partial charge in [-0.2, -0.15) is 0 Å². The largest absolute Gasteiger partial charge is 0.378 e. The van der Waals surface area contributed by atoms with Crippen LogP contribution in [0.4, 0.5) is 0 Å². The highest BCUT2D eigenvalue weighted by atomic mass is 16.5. The van der Waals surface area contributed by atoms with Gasteiger partial charge < -0.3 is 19.1 Å². The van der Waals surface area contributed by atoms with Crippen molar-refractivity contribution in [1.82, 2.24) is 4.90 Å². The summed E-state index contributed by atoms with van der Waals surface area (Å²) in [5.74, 6) is 0. The number of rotatable bonds is 6. The van der Waals surface area contributed by atoms with Gasteiger partial charge in [0.1, 0.15) is 0 Å². The topological polar surface area (TPSA) is 30.9 Å². The van der Waals surface area contributed by atoms with Gasteiger partial charge in [0.25, 0.3) is 0 Å². The molecule has 21 heavy (non-hydrogen) atoms. The summed E-state index contributed by atoms with van der Waals surface area (Å²) in [5.41, 5.74) is 0. The number of nitrogens with zero attached hydrogens (tertiary/aromatic N) is 1. The standard InChI is InChI=1S/C17H33NO3/c1-13(2)20-16-7-10-19-17(12-16)11-14(3)21-15-5-8-18(4)9-6-15/h13-17H,5-12H2,1-4H3. The monoisotopic (exact) mass is 299 g/mol. The molecule has 0 aromatic rings. The molecule has 2 rings (SSSR count). The maximum atomic E-state index is 6.21. The van der Waals surface area contributed by atoms with Gasteiger partial charge >= 0.3 is 0 Å². The van der Waals surface area contributed by atoms with Crippen LogP contribution < -0.4 is 0 Å². The summed E-state index contributed by atoms with van der Waals surface area (Å²) in [6.07, 6.45) is 7.02. The van der Waals surface area contributed by atoms with Crippen LogP contribution in [0.3, 0.4) is 0 Å². The van der Waals surface area contributed by atoms with E-state index >= 15 is 0 Å². The summed E-state index contributed by atoms with van der Waals surface area (Å²) < 4.78 is 18.0. The molecule has 124 valence electrons. The fourth-order valence-corrected chi connectivity index (χ4v) is 3.39. The molecule has 0 N–H and O–H groups in total. The maximum Gasteiger partial charge on any atom is 0.0625 e. The first-order valence-electron chi connectivity index (χ1n) is 8.64. The molecule has 0 amide bonds. The molecule has 0 bridgehead atoms. The van der Waals surface area contributed by atoms with E-state index in [9.17, 15) is 0 Å². The first-order chi connectivity index (χ1) is 10.0. The van der Waals surface area contributed by atoms with Crippen LogP contribution in [0.25, 0.3) is 0 Å². The first-order valence-corrected chi connectivity index (χ1v) is 8.64. The molecule has 2 heterocycles. The molecule has 0 saturated carbocycles. The van der Waals surface area contributed by atoms with E-state index in [4.69, 9.17) is 14.2 Å². The van der Waals surface area contributed by atoms with Gasteiger partial charge in [-0.25, -0.2) is 0 Å². The van der Waals surface area contributed by atoms with Crippen molar-refractivity contribution in [2.24, 2.45) is 0 Å². The van der Waals surface area contributed by atoms with Gasteiger partial charge in [0.05, 0.1) is 30.5 Å². The molecule has 3 atom stereocenters. The van der Waals surface area contributed by atoms with Crippen LogP contribution in [0, 0.1) is 0 Å². The average Bonchev–Trinajstić information content (AvgIpc) is 2.41. The maximum absolute atomic E-state index is 6.21. The predicted octanol–water partition coefficient (Wildman–Crippen LogP) is 2.85. The summed E-state index contributed by atoms with van der Waals surface area (Å²) in [4.78, 5) is 2.38. The van der Waals surface area contributed by atoms with Crippen LogP contribution in [0.5, 0.6) is 0 Å². The predicted molar refractivity (Wildman–Crippen MR) is 84.7 cm³/mol. The molecule has 2 aliphatic rings. The van der Waals surface area contributed by atoms with Crippen molar-refractivity contribution >= 4 is 0 Å². The second kappa shape index (κ2) is 8.47. The minimum atomic E-state index is 0.279. The summed E-state index contributed by atoms with van der Waals surface area (Å²) >= 11 is 0. The Bertz CT molecular complexity index is 290. The Hall–Kier alpha value is -0.160. The molecule has 2 aliphatic heterocycles. The summed E-state index contributed by atoms with van der Waals surface area (Å²) in [7, 11) is 2.18. The lowest BCUT2D eigenvalue weighted by atomic mass is 10.0. The van der Waals surface area contributed by atoms with Crippen molar-refractivity contribution < 1.29 is 14.2 Å². The molecule has 4 nitrogen and oxygen atoms in total. The van der Waals surface area contributed by atoms with E-state index in [0.29, 0.717) is 24.4 Å². The zero-order valence-corrected chi connectivity index (χ0v) is 14.2. The lowest BCUT2D eigenvalue weighted by Crippen LogP contribution is -2.38. The average molecular weight is 299 g/mol. The van der Waals surface area contributed by atoms with Crippen molar-refractivity contribution in [1.29, 1.82) is 0 Å². The zero-order valence-electron chi connectivity index (χ0n) is 14.2. The highest BCUT2D eigenvalue weighted by Crippen LogP contribution is 2.23. The molecule has 0 aromatic carbocycles. The lowest BCUT2D eigenvalue weighted by molar-refractivity contribution is -0.111. The van der Waals surface area contributed by atoms with Crippen molar-refractivity contribution in [2.75, 3.05) is 26.7 Å². The molecular weight excluding hydrogens is 266 g/mol. The van der Waals surface area contributed by atoms with Crippen molar-refractivity contribution in [3.63, 3.8) is 0 Å². The quantitative estimate of drug-likeness (QED) is 0.754. The number of ether oxygens (including phenoxy) is 3. The Labute approximate surface area is 130 Å². The Morgan fingerprint density at radius 1 is 1.05 bits per heavy atom. The molecule has 2 saturated heterocycles. The molecule has 2 fully saturated rings. The smallest absolute Gasteiger partial charge is 0.0625 e. The number of likely N-dealkylation sites (tertiary alicyclic amines) is 1. The number of hydrogen-bond donors (Lipinski definition) is 0. The molecule has 4 heteroatoms. The van der Waals surface area contributed by atoms with Crippen LogP contribution >= 0.6 is 0 Å². The van der Waals surface area contributed by atoms with E-state index < -0.39 is 0 Å². The van der Waals surface area contributed by atoms with Crippen LogP contribution in [0.1, 0.15) is 52.9 Å². The highest BCUT2D eigenvalue weighted by molar-refractivity contribution is 4.76. The molecule has 0 aromatic heterocycles. The Kier molecular flexibility index (Phi) is 6.93. The van der Waals surface area contributed by atoms with Gasteiger partial charge in [0, 0.05) is 19.7 Å². The Morgan fingerprint density at radius 3 is 2.43 bits per heavy atom. The summed E-state index contributed by atoms with van der Waals surface area (Å²) in [6.45, 7) is 9.54. The normalized spacial score (nSPS) is 30.7. The highest BCUT2D eigenvalue weighted by Gasteiger charge is 2.27. The third-order valence-corrected chi connectivity index (χ3v) is 4.47. The molecule has 3 unspecified atom stereocenters. The number of hydrogen-bond acceptors (Lipinski definition) is 4. The van der Waals surface area contributed by atoms with Gasteiger partial charge in [-0.05, 0) is 59.9 Å². The van der Waals surface area contributed by atoms with Gasteiger partial charge in [0.2, 0.25) is 0 Å². The second-order valence-corrected chi connectivity index (χ2v) is 7.01. The zero-order chi connectivity index (χ0) is 15.2. The minimum absolute atomic E-state index is 0.279. The third-order valence-electron chi connectivity index (χ3n) is 4.47. The first kappa shape index (κ1) is 17.2. The second-order valence-electron chi connectivity index (χ2n) is 7.01. The van der Waals surface area contributed by atoms with E-state index in [0.717, 1.165) is 51.8 Å². The molecule has 0 aliphatic carbocycles. The van der Waals surface area contributed by atoms with E-state index in [1.165, 1.54) is 0 Å². The van der Waals surface area contributed by atoms with E-state index in [2.05, 4.69) is 32.7 Å². The van der Waals surface area contributed by atoms with Crippen LogP contribution in [0.2, 0.25) is 0 Å². The van der Waals surface area contributed by atoms with E-state index in [-0.39, 0.29) is 6.10 Å². The van der Waals surface area contributed by atoms with Crippen LogP contribution in [-0.4, -0.2) is 62.2 Å². The number of piperidine rings is 1. The minimum Gasteiger partial charge on any atom is -0.378 e. The van der Waals surface area contributed by atoms with Crippen molar-refractivity contribution in [3.8, 4) is 0 Å². The van der Waals surface area contributed by atoms with Gasteiger partial charge in [0.15, 0.2) is 0 Å². The third kappa shape index (κ3) is 6.23. The molecule has 0 radical (unpaired) electrons. The fraction of sp³-hybridized carbons (Fsp3) is 1.00. The van der Waals surface area contributed by atoms with Gasteiger partial charge in [-0.15, -0.1) is 0 Å². The molecule has 0 spiro atoms. The Morgan fingerprint density at radius 2 is 1.76 bits per heavy atom. The van der Waals surface area contributed by atoms with Crippen LogP contribution in [0.15, 0.2) is 0 Å². The van der Waals surface area contributed by atoms with E-state index in [1.807, 2.05) is 0 Å². The van der Waals surface area contributed by atoms with Gasteiger partial charge in [-0.3, -0.25) is 0 Å². The lowest BCUT2D eigenvalue weighted by Gasteiger charge is -2.34.